The number of amidine groups is 1. The van der Waals surface area contributed by atoms with E-state index in [1.54, 1.807) is 6.07 Å². The summed E-state index contributed by atoms with van der Waals surface area (Å²) in [5.41, 5.74) is 4.82. The molecule has 0 atom stereocenters. The van der Waals surface area contributed by atoms with E-state index < -0.39 is 0 Å². The zero-order valence-electron chi connectivity index (χ0n) is 15.1. The van der Waals surface area contributed by atoms with Crippen molar-refractivity contribution in [1.82, 2.24) is 4.90 Å². The van der Waals surface area contributed by atoms with Crippen LogP contribution in [0.4, 0.5) is 0 Å². The predicted octanol–water partition coefficient (Wildman–Crippen LogP) is 4.96. The van der Waals surface area contributed by atoms with Crippen molar-refractivity contribution in [3.8, 4) is 11.1 Å². The van der Waals surface area contributed by atoms with E-state index in [4.69, 9.17) is 4.74 Å². The fraction of sp³-hybridized carbons (Fsp3) is 0.182. The van der Waals surface area contributed by atoms with E-state index in [9.17, 15) is 4.79 Å². The van der Waals surface area contributed by atoms with Gasteiger partial charge in [0.25, 0.3) is 11.9 Å². The van der Waals surface area contributed by atoms with E-state index in [1.165, 1.54) is 33.6 Å². The topological polar surface area (TPSA) is 41.9 Å². The van der Waals surface area contributed by atoms with Crippen molar-refractivity contribution < 1.29 is 9.53 Å². The molecule has 2 aromatic carbocycles. The maximum Gasteiger partial charge on any atom is 0.296 e. The Morgan fingerprint density at radius 1 is 1.00 bits per heavy atom. The summed E-state index contributed by atoms with van der Waals surface area (Å²) >= 11 is 1.39. The SMILES string of the molecule is CCO/C(=N\C(=O)c1cccs1)N1Cc2ccccc2-c2ccccc2C1. The molecular weight excluding hydrogens is 356 g/mol. The maximum atomic E-state index is 12.5. The third-order valence-corrected chi connectivity index (χ3v) is 5.38. The van der Waals surface area contributed by atoms with Gasteiger partial charge in [-0.15, -0.1) is 11.3 Å². The van der Waals surface area contributed by atoms with Gasteiger partial charge in [0, 0.05) is 13.1 Å². The Kier molecular flexibility index (Phi) is 5.03. The number of carbonyl (C=O) groups excluding carboxylic acids is 1. The minimum Gasteiger partial charge on any atom is -0.465 e. The lowest BCUT2D eigenvalue weighted by atomic mass is 9.97. The molecule has 27 heavy (non-hydrogen) atoms. The number of carbonyl (C=O) groups is 1. The molecule has 1 amide bonds. The monoisotopic (exact) mass is 376 g/mol. The van der Waals surface area contributed by atoms with Crippen molar-refractivity contribution in [1.29, 1.82) is 0 Å². The number of hydrogen-bond donors (Lipinski definition) is 0. The summed E-state index contributed by atoms with van der Waals surface area (Å²) in [5, 5.41) is 1.88. The summed E-state index contributed by atoms with van der Waals surface area (Å²) < 4.78 is 5.80. The first kappa shape index (κ1) is 17.5. The third kappa shape index (κ3) is 3.64. The Morgan fingerprint density at radius 2 is 1.63 bits per heavy atom. The molecule has 1 aliphatic heterocycles. The molecule has 5 heteroatoms. The van der Waals surface area contributed by atoms with E-state index in [2.05, 4.69) is 41.4 Å². The molecule has 0 aliphatic carbocycles. The van der Waals surface area contributed by atoms with Gasteiger partial charge >= 0.3 is 0 Å². The van der Waals surface area contributed by atoms with Crippen LogP contribution in [0.1, 0.15) is 27.7 Å². The molecule has 0 bridgehead atoms. The molecular formula is C22H20N2O2S. The van der Waals surface area contributed by atoms with Gasteiger partial charge in [0.2, 0.25) is 0 Å². The lowest BCUT2D eigenvalue weighted by molar-refractivity contribution is 0.0997. The second-order valence-electron chi connectivity index (χ2n) is 6.28. The first-order valence-electron chi connectivity index (χ1n) is 8.96. The molecule has 0 unspecified atom stereocenters. The minimum absolute atomic E-state index is 0.265. The highest BCUT2D eigenvalue weighted by Crippen LogP contribution is 2.32. The van der Waals surface area contributed by atoms with Crippen LogP contribution < -0.4 is 0 Å². The van der Waals surface area contributed by atoms with Crippen molar-refractivity contribution in [3.05, 3.63) is 82.0 Å². The second kappa shape index (κ2) is 7.76. The van der Waals surface area contributed by atoms with Crippen LogP contribution in [-0.4, -0.2) is 23.4 Å². The smallest absolute Gasteiger partial charge is 0.296 e. The van der Waals surface area contributed by atoms with Crippen LogP contribution in [0.15, 0.2) is 71.0 Å². The quantitative estimate of drug-likeness (QED) is 0.469. The standard InChI is InChI=1S/C22H20N2O2S/c1-2-26-22(23-21(25)20-12-7-13-27-20)24-14-16-8-3-5-10-18(16)19-11-6-4-9-17(19)15-24/h3-13H,2,14-15H2,1H3/b23-22-. The molecule has 3 aromatic rings. The highest BCUT2D eigenvalue weighted by Gasteiger charge is 2.23. The molecule has 0 spiro atoms. The number of benzene rings is 2. The summed E-state index contributed by atoms with van der Waals surface area (Å²) in [5.74, 6) is -0.265. The van der Waals surface area contributed by atoms with Crippen molar-refractivity contribution >= 4 is 23.3 Å². The Hall–Kier alpha value is -2.92. The number of ether oxygens (including phenoxy) is 1. The van der Waals surface area contributed by atoms with Gasteiger partial charge in [0.05, 0.1) is 11.5 Å². The third-order valence-electron chi connectivity index (χ3n) is 4.52. The van der Waals surface area contributed by atoms with E-state index >= 15 is 0 Å². The summed E-state index contributed by atoms with van der Waals surface area (Å²) in [6.07, 6.45) is 0. The predicted molar refractivity (Wildman–Crippen MR) is 109 cm³/mol. The van der Waals surface area contributed by atoms with Gasteiger partial charge in [-0.3, -0.25) is 4.79 Å². The summed E-state index contributed by atoms with van der Waals surface area (Å²) in [6, 6.07) is 20.7. The summed E-state index contributed by atoms with van der Waals surface area (Å²) in [6.45, 7) is 3.64. The summed E-state index contributed by atoms with van der Waals surface area (Å²) in [7, 11) is 0. The molecule has 2 heterocycles. The van der Waals surface area contributed by atoms with Gasteiger partial charge in [-0.05, 0) is 40.6 Å². The Labute approximate surface area is 162 Å². The molecule has 0 saturated heterocycles. The summed E-state index contributed by atoms with van der Waals surface area (Å²) in [4.78, 5) is 19.5. The van der Waals surface area contributed by atoms with Crippen LogP contribution in [0, 0.1) is 0 Å². The number of amides is 1. The maximum absolute atomic E-state index is 12.5. The van der Waals surface area contributed by atoms with Crippen LogP contribution in [-0.2, 0) is 17.8 Å². The number of nitrogens with zero attached hydrogens (tertiary/aromatic N) is 2. The zero-order valence-corrected chi connectivity index (χ0v) is 15.9. The molecule has 0 N–H and O–H groups in total. The average Bonchev–Trinajstić information content (AvgIpc) is 3.17. The van der Waals surface area contributed by atoms with Gasteiger partial charge in [-0.2, -0.15) is 4.99 Å². The van der Waals surface area contributed by atoms with Gasteiger partial charge in [-0.1, -0.05) is 54.6 Å². The largest absolute Gasteiger partial charge is 0.465 e. The van der Waals surface area contributed by atoms with E-state index in [0.29, 0.717) is 30.6 Å². The van der Waals surface area contributed by atoms with E-state index in [1.807, 2.05) is 35.4 Å². The molecule has 4 nitrogen and oxygen atoms in total. The van der Waals surface area contributed by atoms with Crippen molar-refractivity contribution in [2.24, 2.45) is 4.99 Å². The lowest BCUT2D eigenvalue weighted by Crippen LogP contribution is -2.32. The molecule has 0 saturated carbocycles. The van der Waals surface area contributed by atoms with Gasteiger partial charge in [0.1, 0.15) is 0 Å². The normalized spacial score (nSPS) is 13.5. The Morgan fingerprint density at radius 3 is 2.19 bits per heavy atom. The first-order chi connectivity index (χ1) is 13.3. The van der Waals surface area contributed by atoms with Gasteiger partial charge in [-0.25, -0.2) is 0 Å². The number of rotatable bonds is 2. The molecule has 1 aliphatic rings. The zero-order chi connectivity index (χ0) is 18.6. The van der Waals surface area contributed by atoms with Crippen LogP contribution in [0.3, 0.4) is 0 Å². The highest BCUT2D eigenvalue weighted by atomic mass is 32.1. The van der Waals surface area contributed by atoms with Gasteiger partial charge < -0.3 is 9.64 Å². The van der Waals surface area contributed by atoms with E-state index in [-0.39, 0.29) is 5.91 Å². The fourth-order valence-corrected chi connectivity index (χ4v) is 3.92. The molecule has 4 rings (SSSR count). The molecule has 136 valence electrons. The first-order valence-corrected chi connectivity index (χ1v) is 9.84. The highest BCUT2D eigenvalue weighted by molar-refractivity contribution is 7.12. The van der Waals surface area contributed by atoms with E-state index in [0.717, 1.165) is 0 Å². The number of hydrogen-bond acceptors (Lipinski definition) is 3. The molecule has 0 radical (unpaired) electrons. The van der Waals surface area contributed by atoms with Crippen molar-refractivity contribution in [2.45, 2.75) is 20.0 Å². The lowest BCUT2D eigenvalue weighted by Gasteiger charge is -2.24. The average molecular weight is 376 g/mol. The number of thiophene rings is 1. The minimum atomic E-state index is -0.265. The van der Waals surface area contributed by atoms with Gasteiger partial charge in [0.15, 0.2) is 0 Å². The fourth-order valence-electron chi connectivity index (χ4n) is 3.31. The van der Waals surface area contributed by atoms with Crippen LogP contribution in [0.5, 0.6) is 0 Å². The number of fused-ring (bicyclic) bond motifs is 3. The number of aliphatic imine (C=N–C) groups is 1. The molecule has 0 fully saturated rings. The van der Waals surface area contributed by atoms with Crippen LogP contribution in [0.2, 0.25) is 0 Å². The van der Waals surface area contributed by atoms with Crippen LogP contribution in [0.25, 0.3) is 11.1 Å². The second-order valence-corrected chi connectivity index (χ2v) is 7.23. The van der Waals surface area contributed by atoms with Crippen molar-refractivity contribution in [3.63, 3.8) is 0 Å². The van der Waals surface area contributed by atoms with Crippen LogP contribution >= 0.6 is 11.3 Å². The van der Waals surface area contributed by atoms with Crippen molar-refractivity contribution in [2.75, 3.05) is 6.61 Å². The Balaban J connectivity index is 1.75. The Bertz CT molecular complexity index is 932. The molecule has 1 aromatic heterocycles.